The van der Waals surface area contributed by atoms with Crippen LogP contribution >= 0.6 is 0 Å². The fraction of sp³-hybridized carbons (Fsp3) is 0.810. The van der Waals surface area contributed by atoms with Gasteiger partial charge in [-0.3, -0.25) is 0 Å². The highest BCUT2D eigenvalue weighted by atomic mass is 16.7. The zero-order valence-corrected chi connectivity index (χ0v) is 49.1. The molecular weight excluding hydrogens is 1030 g/mol. The molecule has 0 aliphatic carbocycles. The van der Waals surface area contributed by atoms with E-state index in [1.165, 1.54) is 35.4 Å². The lowest BCUT2D eigenvalue weighted by atomic mass is 9.76. The Bertz CT molecular complexity index is 2080. The van der Waals surface area contributed by atoms with Gasteiger partial charge in [0.2, 0.25) is 5.79 Å². The van der Waals surface area contributed by atoms with E-state index in [9.17, 15) is 45.6 Å². The molecule has 0 aromatic heterocycles. The lowest BCUT2D eigenvalue weighted by Gasteiger charge is -2.51. The Morgan fingerprint density at radius 3 is 2.05 bits per heavy atom. The number of carbonyl (C=O) groups is 1. The Labute approximate surface area is 467 Å². The zero-order chi connectivity index (χ0) is 58.8. The number of rotatable bonds is 15. The van der Waals surface area contributed by atoms with E-state index in [1.807, 2.05) is 51.2 Å². The topological polar surface area (TPSA) is 290 Å². The molecule has 8 N–H and O–H groups in total. The maximum atomic E-state index is 14.1. The van der Waals surface area contributed by atoms with Crippen LogP contribution in [0.5, 0.6) is 0 Å². The molecule has 0 unspecified atom stereocenters. The minimum absolute atomic E-state index is 0.00743. The van der Waals surface area contributed by atoms with E-state index in [-0.39, 0.29) is 50.2 Å². The molecule has 0 bridgehead atoms. The molecule has 5 rings (SSSR count). The molecule has 5 heterocycles. The van der Waals surface area contributed by atoms with Crippen LogP contribution in [0.25, 0.3) is 0 Å². The molecule has 0 aromatic rings. The summed E-state index contributed by atoms with van der Waals surface area (Å²) in [6, 6.07) is 0. The Balaban J connectivity index is 1.37. The Hall–Kier alpha value is -2.59. The zero-order valence-electron chi connectivity index (χ0n) is 49.1. The van der Waals surface area contributed by atoms with Crippen molar-refractivity contribution in [2.45, 2.75) is 249 Å². The highest BCUT2D eigenvalue weighted by Gasteiger charge is 2.57. The predicted octanol–water partition coefficient (Wildman–Crippen LogP) is 3.59. The van der Waals surface area contributed by atoms with Crippen molar-refractivity contribution < 1.29 is 102 Å². The number of ether oxygens (including phenoxy) is 12. The maximum Gasteiger partial charge on any atom is 0.334 e. The van der Waals surface area contributed by atoms with Gasteiger partial charge in [-0.2, -0.15) is 0 Å². The summed E-state index contributed by atoms with van der Waals surface area (Å²) >= 11 is 0. The fourth-order valence-corrected chi connectivity index (χ4v) is 11.6. The van der Waals surface area contributed by atoms with Gasteiger partial charge in [-0.05, 0) is 74.3 Å². The van der Waals surface area contributed by atoms with E-state index in [0.29, 0.717) is 12.0 Å². The van der Waals surface area contributed by atoms with Crippen LogP contribution in [0, 0.1) is 17.8 Å². The van der Waals surface area contributed by atoms with Gasteiger partial charge >= 0.3 is 5.97 Å². The second-order valence-corrected chi connectivity index (χ2v) is 23.0. The molecule has 0 spiro atoms. The first-order chi connectivity index (χ1) is 37.1. The van der Waals surface area contributed by atoms with Crippen LogP contribution in [0.3, 0.4) is 0 Å². The van der Waals surface area contributed by atoms with Crippen molar-refractivity contribution in [1.82, 2.24) is 0 Å². The molecule has 79 heavy (non-hydrogen) atoms. The van der Waals surface area contributed by atoms with Crippen molar-refractivity contribution in [3.05, 3.63) is 58.7 Å². The predicted molar refractivity (Wildman–Crippen MR) is 288 cm³/mol. The first kappa shape index (κ1) is 67.2. The summed E-state index contributed by atoms with van der Waals surface area (Å²) in [5, 5.41) is 92.6. The largest absolute Gasteiger partial charge is 0.456 e. The number of hydrogen-bond acceptors (Lipinski definition) is 21. The summed E-state index contributed by atoms with van der Waals surface area (Å²) < 4.78 is 72.0. The van der Waals surface area contributed by atoms with Crippen LogP contribution in [0.15, 0.2) is 58.7 Å². The molecule has 454 valence electrons. The van der Waals surface area contributed by atoms with Crippen molar-refractivity contribution in [1.29, 1.82) is 0 Å². The molecule has 21 heteroatoms. The molecular formula is C58H96O21. The van der Waals surface area contributed by atoms with Gasteiger partial charge < -0.3 is 97.7 Å². The average Bonchev–Trinajstić information content (AvgIpc) is 3.46. The van der Waals surface area contributed by atoms with Crippen LogP contribution in [0.2, 0.25) is 0 Å². The van der Waals surface area contributed by atoms with E-state index < -0.39 is 152 Å². The van der Waals surface area contributed by atoms with Crippen LogP contribution in [-0.2, 0) is 61.6 Å². The molecule has 25 atom stereocenters. The quantitative estimate of drug-likeness (QED) is 0.109. The molecule has 0 aromatic carbocycles. The summed E-state index contributed by atoms with van der Waals surface area (Å²) in [6.45, 7) is 19.1. The second kappa shape index (κ2) is 29.8. The number of carbonyl (C=O) groups excluding carboxylic acids is 1. The number of allylic oxidation sites excluding steroid dienone is 7. The number of methoxy groups -OCH3 is 4. The lowest BCUT2D eigenvalue weighted by molar-refractivity contribution is -0.366. The Morgan fingerprint density at radius 1 is 0.747 bits per heavy atom. The highest BCUT2D eigenvalue weighted by Crippen LogP contribution is 2.43. The smallest absolute Gasteiger partial charge is 0.334 e. The minimum atomic E-state index is -2.54. The van der Waals surface area contributed by atoms with Gasteiger partial charge in [-0.25, -0.2) is 4.79 Å². The Kier molecular flexibility index (Phi) is 25.3. The number of aliphatic hydroxyl groups is 8. The van der Waals surface area contributed by atoms with E-state index in [4.69, 9.17) is 56.8 Å². The van der Waals surface area contributed by atoms with Crippen molar-refractivity contribution in [3.8, 4) is 0 Å². The van der Waals surface area contributed by atoms with Crippen LogP contribution in [-0.4, -0.2) is 216 Å². The Morgan fingerprint density at radius 2 is 1.42 bits per heavy atom. The molecule has 21 nitrogen and oxygen atoms in total. The van der Waals surface area contributed by atoms with E-state index in [2.05, 4.69) is 0 Å². The number of hydrogen-bond donors (Lipinski definition) is 8. The van der Waals surface area contributed by atoms with Gasteiger partial charge in [0.1, 0.15) is 42.7 Å². The highest BCUT2D eigenvalue weighted by molar-refractivity contribution is 5.88. The minimum Gasteiger partial charge on any atom is -0.456 e. The maximum absolute atomic E-state index is 14.1. The summed E-state index contributed by atoms with van der Waals surface area (Å²) in [5.74, 6) is -5.45. The third-order valence-corrected chi connectivity index (χ3v) is 16.4. The van der Waals surface area contributed by atoms with Crippen molar-refractivity contribution in [2.24, 2.45) is 17.8 Å². The van der Waals surface area contributed by atoms with Crippen LogP contribution < -0.4 is 0 Å². The number of aliphatic hydroxyl groups excluding tert-OH is 6. The van der Waals surface area contributed by atoms with Gasteiger partial charge in [0.15, 0.2) is 18.9 Å². The van der Waals surface area contributed by atoms with Gasteiger partial charge in [-0.1, -0.05) is 67.9 Å². The summed E-state index contributed by atoms with van der Waals surface area (Å²) in [5.41, 5.74) is 0.977. The van der Waals surface area contributed by atoms with E-state index in [0.717, 1.165) is 11.1 Å². The van der Waals surface area contributed by atoms with Crippen molar-refractivity contribution in [2.75, 3.05) is 35.0 Å². The fourth-order valence-electron chi connectivity index (χ4n) is 11.6. The normalized spacial score (nSPS) is 46.7. The van der Waals surface area contributed by atoms with Gasteiger partial charge in [-0.15, -0.1) is 0 Å². The average molecular weight is 1130 g/mol. The van der Waals surface area contributed by atoms with Gasteiger partial charge in [0.05, 0.1) is 73.2 Å². The molecule has 5 aliphatic rings. The van der Waals surface area contributed by atoms with E-state index in [1.54, 1.807) is 54.5 Å². The monoisotopic (exact) mass is 1130 g/mol. The number of esters is 1. The SMILES string of the molecule is COC[C@@H](C[C@H]1O[C@@](O)([C@@H](O)[C@@H]2C[C@H](OC)[C@@H](O)CC/C=C(C)/C=C/[C@@H](O[C@@H]3O[C@@H](C)[C@H](OC)[C@@H](O)[C@@H]3O)[C@H](C)/C=C(C)/C=C(C)/C=C(\C)C(=O)O2)[C@H](C)[C@@H](O)[C@H]1C)O[C@H]1C[C@](C)(O)[C@@H](O[C@H]2C[C@@H](OC)[C@H](O)[C@@H](C)O2)[C@H](C)O1. The third kappa shape index (κ3) is 17.3. The van der Waals surface area contributed by atoms with Crippen LogP contribution in [0.1, 0.15) is 115 Å². The van der Waals surface area contributed by atoms with Gasteiger partial charge in [0, 0.05) is 77.4 Å². The molecule has 4 fully saturated rings. The first-order valence-corrected chi connectivity index (χ1v) is 27.9. The van der Waals surface area contributed by atoms with E-state index >= 15 is 0 Å². The molecule has 0 radical (unpaired) electrons. The summed E-state index contributed by atoms with van der Waals surface area (Å²) in [4.78, 5) is 14.1. The lowest BCUT2D eigenvalue weighted by Crippen LogP contribution is -2.66. The summed E-state index contributed by atoms with van der Waals surface area (Å²) in [7, 11) is 5.80. The molecule has 5 aliphatic heterocycles. The number of cyclic esters (lactones) is 1. The van der Waals surface area contributed by atoms with Crippen LogP contribution in [0.4, 0.5) is 0 Å². The molecule has 0 amide bonds. The third-order valence-electron chi connectivity index (χ3n) is 16.4. The molecule has 0 saturated carbocycles. The first-order valence-electron chi connectivity index (χ1n) is 27.9. The van der Waals surface area contributed by atoms with Crippen molar-refractivity contribution >= 4 is 5.97 Å². The van der Waals surface area contributed by atoms with Crippen molar-refractivity contribution in [3.63, 3.8) is 0 Å². The standard InChI is InChI=1S/C58H96O21/c1-29-17-16-18-40(59)43(69-13)25-45(76-55(65)33(5)23-31(3)21-30(2)22-32(4)41(20-19-29)77-56-51(63)50(62)52(71-15)37(9)74-56)53(64)58(67)35(7)48(60)34(6)42(79-58)24-39(28-68-12)75-47-27-57(11,66)54(38(10)73-47)78-46-26-44(70-14)49(61)36(8)72-46/h17,19-23,32,34-54,56,59-64,66-67H,16,18,24-28H2,1-15H3/b20-19+,29-17+,30-22+,31-21+,33-23+/t32-,34+,35-,36-,37+,38+,39-,40+,41-,42-,43+,44-,45+,46+,47+,48+,49-,50+,51+,52+,53+,54+,56+,57+,58-/m1/s1. The van der Waals surface area contributed by atoms with Gasteiger partial charge in [0.25, 0.3) is 0 Å². The molecule has 4 saturated heterocycles. The summed E-state index contributed by atoms with van der Waals surface area (Å²) in [6.07, 6.45) is -8.27. The second-order valence-electron chi connectivity index (χ2n) is 23.0.